The van der Waals surface area contributed by atoms with Crippen molar-refractivity contribution in [2.24, 2.45) is 0 Å². The second-order valence-corrected chi connectivity index (χ2v) is 8.59. The molecule has 0 aliphatic rings. The monoisotopic (exact) mass is 421 g/mol. The Kier molecular flexibility index (Phi) is 5.46. The van der Waals surface area contributed by atoms with Gasteiger partial charge in [0.05, 0.1) is 28.4 Å². The highest BCUT2D eigenvalue weighted by Gasteiger charge is 2.38. The minimum atomic E-state index is -4.79. The van der Waals surface area contributed by atoms with Crippen molar-refractivity contribution >= 4 is 10.0 Å². The van der Waals surface area contributed by atoms with Gasteiger partial charge in [0.25, 0.3) is 0 Å². The average Bonchev–Trinajstić information content (AvgIpc) is 2.67. The third-order valence-corrected chi connectivity index (χ3v) is 6.09. The van der Waals surface area contributed by atoms with E-state index < -0.39 is 32.2 Å². The van der Waals surface area contributed by atoms with Gasteiger partial charge < -0.3 is 0 Å². The minimum Gasteiger partial charge on any atom is -0.207 e. The summed E-state index contributed by atoms with van der Waals surface area (Å²) in [6, 6.07) is 12.9. The summed E-state index contributed by atoms with van der Waals surface area (Å²) in [4.78, 5) is -0.810. The molecule has 0 amide bonds. The Hall–Kier alpha value is -2.78. The molecule has 0 unspecified atom stereocenters. The van der Waals surface area contributed by atoms with E-state index in [4.69, 9.17) is 0 Å². The molecule has 0 atom stereocenters. The van der Waals surface area contributed by atoms with Crippen LogP contribution in [0, 0.1) is 0 Å². The van der Waals surface area contributed by atoms with Gasteiger partial charge in [0.1, 0.15) is 0 Å². The van der Waals surface area contributed by atoms with Gasteiger partial charge in [-0.1, -0.05) is 30.3 Å². The predicted octanol–water partition coefficient (Wildman–Crippen LogP) is 4.38. The van der Waals surface area contributed by atoms with E-state index >= 15 is 0 Å². The maximum absolute atomic E-state index is 13.3. The molecule has 1 N–H and O–H groups in total. The molecule has 152 valence electrons. The Morgan fingerprint density at radius 1 is 0.897 bits per heavy atom. The summed E-state index contributed by atoms with van der Waals surface area (Å²) in [5, 5.41) is 7.54. The van der Waals surface area contributed by atoms with Gasteiger partial charge in [0.15, 0.2) is 0 Å². The number of hydrogen-bond acceptors (Lipinski definition) is 4. The van der Waals surface area contributed by atoms with Crippen LogP contribution in [0.15, 0.2) is 71.9 Å². The van der Waals surface area contributed by atoms with Crippen LogP contribution in [-0.2, 0) is 21.7 Å². The Labute approximate surface area is 166 Å². The molecule has 29 heavy (non-hydrogen) atoms. The Balaban J connectivity index is 1.98. The summed E-state index contributed by atoms with van der Waals surface area (Å²) >= 11 is 0. The van der Waals surface area contributed by atoms with Gasteiger partial charge in [-0.25, -0.2) is 13.1 Å². The molecule has 0 spiro atoms. The molecule has 9 heteroatoms. The fourth-order valence-electron chi connectivity index (χ4n) is 2.93. The molecular weight excluding hydrogens is 403 g/mol. The van der Waals surface area contributed by atoms with Gasteiger partial charge in [0.2, 0.25) is 10.0 Å². The lowest BCUT2D eigenvalue weighted by atomic mass is 9.93. The van der Waals surface area contributed by atoms with Crippen molar-refractivity contribution in [2.45, 2.75) is 30.5 Å². The number of aromatic nitrogens is 2. The predicted molar refractivity (Wildman–Crippen MR) is 102 cm³/mol. The van der Waals surface area contributed by atoms with Crippen molar-refractivity contribution in [1.29, 1.82) is 0 Å². The fraction of sp³-hybridized carbons (Fsp3) is 0.200. The zero-order valence-electron chi connectivity index (χ0n) is 15.6. The smallest absolute Gasteiger partial charge is 0.207 e. The van der Waals surface area contributed by atoms with Gasteiger partial charge in [-0.2, -0.15) is 23.4 Å². The highest BCUT2D eigenvalue weighted by atomic mass is 32.2. The molecule has 3 rings (SSSR count). The van der Waals surface area contributed by atoms with Crippen LogP contribution in [0.1, 0.15) is 25.0 Å². The van der Waals surface area contributed by atoms with Crippen molar-refractivity contribution in [3.8, 4) is 11.1 Å². The lowest BCUT2D eigenvalue weighted by molar-refractivity contribution is -0.139. The van der Waals surface area contributed by atoms with Gasteiger partial charge in [-0.15, -0.1) is 0 Å². The molecule has 0 saturated heterocycles. The van der Waals surface area contributed by atoms with Crippen molar-refractivity contribution in [3.63, 3.8) is 0 Å². The summed E-state index contributed by atoms with van der Waals surface area (Å²) in [5.74, 6) is 0. The number of benzene rings is 2. The number of rotatable bonds is 5. The first kappa shape index (κ1) is 20.9. The fourth-order valence-corrected chi connectivity index (χ4v) is 4.56. The average molecular weight is 421 g/mol. The van der Waals surface area contributed by atoms with Crippen molar-refractivity contribution < 1.29 is 21.6 Å². The summed E-state index contributed by atoms with van der Waals surface area (Å²) < 4.78 is 67.8. The first-order valence-electron chi connectivity index (χ1n) is 8.58. The largest absolute Gasteiger partial charge is 0.417 e. The molecule has 3 aromatic rings. The Bertz CT molecular complexity index is 1120. The molecule has 1 heterocycles. The van der Waals surface area contributed by atoms with Crippen molar-refractivity contribution in [3.05, 3.63) is 78.1 Å². The molecule has 2 aromatic carbocycles. The van der Waals surface area contributed by atoms with Crippen molar-refractivity contribution in [2.75, 3.05) is 0 Å². The number of halogens is 3. The molecule has 0 aliphatic heterocycles. The highest BCUT2D eigenvalue weighted by molar-refractivity contribution is 7.89. The quantitative estimate of drug-likeness (QED) is 0.664. The van der Waals surface area contributed by atoms with E-state index in [9.17, 15) is 21.6 Å². The van der Waals surface area contributed by atoms with Gasteiger partial charge in [-0.3, -0.25) is 0 Å². The number of nitrogens with zero attached hydrogens (tertiary/aromatic N) is 2. The van der Waals surface area contributed by atoms with E-state index in [1.54, 1.807) is 44.3 Å². The van der Waals surface area contributed by atoms with Crippen LogP contribution in [0.25, 0.3) is 11.1 Å². The SMILES string of the molecule is CC(C)(NS(=O)(=O)c1ccccc1C(F)(F)F)c1cccc(-c2ccnnc2)c1. The Morgan fingerprint density at radius 2 is 1.62 bits per heavy atom. The van der Waals surface area contributed by atoms with E-state index in [1.165, 1.54) is 12.3 Å². The van der Waals surface area contributed by atoms with Crippen LogP contribution >= 0.6 is 0 Å². The van der Waals surface area contributed by atoms with Gasteiger partial charge in [0, 0.05) is 5.56 Å². The van der Waals surface area contributed by atoms with Crippen LogP contribution in [-0.4, -0.2) is 18.6 Å². The lowest BCUT2D eigenvalue weighted by Gasteiger charge is -2.28. The summed E-state index contributed by atoms with van der Waals surface area (Å²) in [6.45, 7) is 3.18. The number of nitrogens with one attached hydrogen (secondary N) is 1. The topological polar surface area (TPSA) is 72.0 Å². The normalized spacial score (nSPS) is 12.7. The number of alkyl halides is 3. The maximum atomic E-state index is 13.3. The van der Waals surface area contributed by atoms with Crippen LogP contribution in [0.2, 0.25) is 0 Å². The minimum absolute atomic E-state index is 0.583. The molecular formula is C20H18F3N3O2S. The second-order valence-electron chi connectivity index (χ2n) is 6.94. The molecule has 0 fully saturated rings. The molecule has 0 bridgehead atoms. The van der Waals surface area contributed by atoms with Crippen molar-refractivity contribution in [1.82, 2.24) is 14.9 Å². The third-order valence-electron chi connectivity index (χ3n) is 4.37. The molecule has 0 radical (unpaired) electrons. The zero-order chi connectivity index (χ0) is 21.3. The van der Waals surface area contributed by atoms with Crippen LogP contribution in [0.4, 0.5) is 13.2 Å². The second kappa shape index (κ2) is 7.57. The van der Waals surface area contributed by atoms with Crippen LogP contribution in [0.3, 0.4) is 0 Å². The highest BCUT2D eigenvalue weighted by Crippen LogP contribution is 2.35. The van der Waals surface area contributed by atoms with Crippen LogP contribution < -0.4 is 4.72 Å². The van der Waals surface area contributed by atoms with E-state index in [1.807, 2.05) is 6.07 Å². The number of hydrogen-bond donors (Lipinski definition) is 1. The van der Waals surface area contributed by atoms with Crippen LogP contribution in [0.5, 0.6) is 0 Å². The zero-order valence-corrected chi connectivity index (χ0v) is 16.4. The third kappa shape index (κ3) is 4.63. The van der Waals surface area contributed by atoms with Gasteiger partial charge >= 0.3 is 6.18 Å². The van der Waals surface area contributed by atoms with E-state index in [2.05, 4.69) is 14.9 Å². The van der Waals surface area contributed by atoms with E-state index in [0.29, 0.717) is 5.56 Å². The lowest BCUT2D eigenvalue weighted by Crippen LogP contribution is -2.41. The molecule has 0 saturated carbocycles. The van der Waals surface area contributed by atoms with E-state index in [0.717, 1.165) is 29.3 Å². The Morgan fingerprint density at radius 3 is 2.28 bits per heavy atom. The molecule has 1 aromatic heterocycles. The first-order valence-corrected chi connectivity index (χ1v) is 10.1. The van der Waals surface area contributed by atoms with Gasteiger partial charge in [-0.05, 0) is 49.2 Å². The maximum Gasteiger partial charge on any atom is 0.417 e. The summed E-state index contributed by atoms with van der Waals surface area (Å²) in [7, 11) is -4.45. The summed E-state index contributed by atoms with van der Waals surface area (Å²) in [5.41, 5.74) is -0.239. The summed E-state index contributed by atoms with van der Waals surface area (Å²) in [6.07, 6.45) is -1.69. The van der Waals surface area contributed by atoms with E-state index in [-0.39, 0.29) is 0 Å². The number of sulfonamides is 1. The standard InChI is InChI=1S/C20H18F3N3O2S/c1-19(2,16-7-5-6-14(12-16)15-10-11-24-25-13-15)26-29(27,28)18-9-4-3-8-17(18)20(21,22)23/h3-13,26H,1-2H3. The molecule has 0 aliphatic carbocycles. The molecule has 5 nitrogen and oxygen atoms in total. The first-order chi connectivity index (χ1) is 13.5.